The van der Waals surface area contributed by atoms with Crippen molar-refractivity contribution < 1.29 is 22.7 Å². The van der Waals surface area contributed by atoms with Crippen molar-refractivity contribution in [1.82, 2.24) is 4.72 Å². The molecule has 0 saturated carbocycles. The lowest BCUT2D eigenvalue weighted by Crippen LogP contribution is -2.40. The third-order valence-electron chi connectivity index (χ3n) is 2.28. The van der Waals surface area contributed by atoms with Crippen LogP contribution < -0.4 is 4.72 Å². The van der Waals surface area contributed by atoms with Crippen LogP contribution in [0.1, 0.15) is 26.5 Å². The van der Waals surface area contributed by atoms with Gasteiger partial charge in [-0.05, 0) is 32.9 Å². The van der Waals surface area contributed by atoms with Gasteiger partial charge in [-0.1, -0.05) is 0 Å². The van der Waals surface area contributed by atoms with E-state index in [2.05, 4.69) is 4.72 Å². The third-order valence-corrected chi connectivity index (χ3v) is 3.55. The number of nitrogens with one attached hydrogen (secondary N) is 1. The van der Waals surface area contributed by atoms with Crippen molar-refractivity contribution in [1.29, 1.82) is 0 Å². The zero-order valence-electron chi connectivity index (χ0n) is 10.8. The maximum absolute atomic E-state index is 11.9. The number of hydrogen-bond donors (Lipinski definition) is 2. The molecule has 0 aliphatic carbocycles. The smallest absolute Gasteiger partial charge is 0.274 e. The summed E-state index contributed by atoms with van der Waals surface area (Å²) in [6, 6.07) is 2.73. The van der Waals surface area contributed by atoms with Gasteiger partial charge in [0.1, 0.15) is 12.4 Å². The average molecular weight is 277 g/mol. The summed E-state index contributed by atoms with van der Waals surface area (Å²) >= 11 is 0. The Kier molecular flexibility index (Phi) is 4.92. The Bertz CT molecular complexity index is 477. The third kappa shape index (κ3) is 4.09. The van der Waals surface area contributed by atoms with E-state index in [0.717, 1.165) is 0 Å². The summed E-state index contributed by atoms with van der Waals surface area (Å²) in [5.74, 6) is 0.208. The van der Waals surface area contributed by atoms with Crippen LogP contribution in [0.15, 0.2) is 21.6 Å². The van der Waals surface area contributed by atoms with E-state index in [1.165, 1.54) is 12.1 Å². The molecule has 1 aromatic heterocycles. The Labute approximate surface area is 107 Å². The molecule has 0 aliphatic rings. The Morgan fingerprint density at radius 2 is 2.11 bits per heavy atom. The minimum Gasteiger partial charge on any atom is -0.446 e. The minimum absolute atomic E-state index is 0.137. The molecule has 1 rings (SSSR count). The second-order valence-electron chi connectivity index (χ2n) is 4.40. The second kappa shape index (κ2) is 5.83. The lowest BCUT2D eigenvalue weighted by Gasteiger charge is -2.24. The first-order valence-electron chi connectivity index (χ1n) is 5.64. The molecule has 0 spiro atoms. The van der Waals surface area contributed by atoms with E-state index in [9.17, 15) is 8.42 Å². The summed E-state index contributed by atoms with van der Waals surface area (Å²) in [7, 11) is -3.71. The van der Waals surface area contributed by atoms with Crippen LogP contribution in [0.3, 0.4) is 0 Å². The van der Waals surface area contributed by atoms with Gasteiger partial charge in [0.05, 0.1) is 5.60 Å². The van der Waals surface area contributed by atoms with Crippen molar-refractivity contribution in [3.8, 4) is 0 Å². The molecule has 104 valence electrons. The molecule has 0 radical (unpaired) electrons. The fraction of sp³-hybridized carbons (Fsp3) is 0.636. The number of ether oxygens (including phenoxy) is 1. The van der Waals surface area contributed by atoms with Crippen LogP contribution in [0.25, 0.3) is 0 Å². The molecule has 18 heavy (non-hydrogen) atoms. The van der Waals surface area contributed by atoms with Crippen molar-refractivity contribution >= 4 is 10.0 Å². The van der Waals surface area contributed by atoms with Gasteiger partial charge in [0, 0.05) is 13.2 Å². The fourth-order valence-corrected chi connectivity index (χ4v) is 2.51. The summed E-state index contributed by atoms with van der Waals surface area (Å²) in [5.41, 5.74) is -0.589. The standard InChI is InChI=1S/C11H19NO5S/c1-4-16-11(2,3)8-12-18(14,15)10-6-5-9(7-13)17-10/h5-6,12-13H,4,7-8H2,1-3H3. The quantitative estimate of drug-likeness (QED) is 0.772. The largest absolute Gasteiger partial charge is 0.446 e. The molecule has 0 fully saturated rings. The van der Waals surface area contributed by atoms with Crippen molar-refractivity contribution in [3.05, 3.63) is 17.9 Å². The normalized spacial score (nSPS) is 12.9. The summed E-state index contributed by atoms with van der Waals surface area (Å²) in [6.45, 7) is 5.74. The van der Waals surface area contributed by atoms with Crippen LogP contribution in [0, 0.1) is 0 Å². The van der Waals surface area contributed by atoms with Crippen molar-refractivity contribution in [2.24, 2.45) is 0 Å². The molecular weight excluding hydrogens is 258 g/mol. The highest BCUT2D eigenvalue weighted by Gasteiger charge is 2.24. The minimum atomic E-state index is -3.71. The van der Waals surface area contributed by atoms with Crippen LogP contribution in [0.5, 0.6) is 0 Å². The average Bonchev–Trinajstić information content (AvgIpc) is 2.76. The molecule has 0 aromatic carbocycles. The zero-order chi connectivity index (χ0) is 13.8. The van der Waals surface area contributed by atoms with Gasteiger partial charge in [-0.2, -0.15) is 0 Å². The van der Waals surface area contributed by atoms with E-state index in [1.807, 2.05) is 6.92 Å². The topological polar surface area (TPSA) is 88.8 Å². The van der Waals surface area contributed by atoms with E-state index in [-0.39, 0.29) is 24.0 Å². The molecular formula is C11H19NO5S. The van der Waals surface area contributed by atoms with Gasteiger partial charge in [0.15, 0.2) is 0 Å². The molecule has 0 amide bonds. The maximum atomic E-state index is 11.9. The van der Waals surface area contributed by atoms with Gasteiger partial charge in [0.25, 0.3) is 10.0 Å². The number of hydrogen-bond acceptors (Lipinski definition) is 5. The van der Waals surface area contributed by atoms with Gasteiger partial charge in [0.2, 0.25) is 5.09 Å². The predicted molar refractivity (Wildman–Crippen MR) is 65.5 cm³/mol. The Hall–Kier alpha value is -0.890. The van der Waals surface area contributed by atoms with E-state index in [0.29, 0.717) is 6.61 Å². The molecule has 0 atom stereocenters. The number of aliphatic hydroxyl groups excluding tert-OH is 1. The molecule has 0 bridgehead atoms. The lowest BCUT2D eigenvalue weighted by molar-refractivity contribution is -0.00520. The molecule has 6 nitrogen and oxygen atoms in total. The van der Waals surface area contributed by atoms with Gasteiger partial charge in [-0.15, -0.1) is 0 Å². The first-order chi connectivity index (χ1) is 8.30. The summed E-state index contributed by atoms with van der Waals surface area (Å²) < 4.78 is 36.5. The summed E-state index contributed by atoms with van der Waals surface area (Å²) in [5, 5.41) is 8.61. The van der Waals surface area contributed by atoms with Gasteiger partial charge in [-0.25, -0.2) is 13.1 Å². The Morgan fingerprint density at radius 3 is 2.61 bits per heavy atom. The summed E-state index contributed by atoms with van der Waals surface area (Å²) in [4.78, 5) is 0. The first kappa shape index (κ1) is 15.2. The highest BCUT2D eigenvalue weighted by molar-refractivity contribution is 7.89. The highest BCUT2D eigenvalue weighted by atomic mass is 32.2. The SMILES string of the molecule is CCOC(C)(C)CNS(=O)(=O)c1ccc(CO)o1. The molecule has 2 N–H and O–H groups in total. The molecule has 7 heteroatoms. The predicted octanol–water partition coefficient (Wildman–Crippen LogP) is 0.865. The van der Waals surface area contributed by atoms with Gasteiger partial charge >= 0.3 is 0 Å². The molecule has 1 heterocycles. The zero-order valence-corrected chi connectivity index (χ0v) is 11.6. The van der Waals surface area contributed by atoms with E-state index >= 15 is 0 Å². The van der Waals surface area contributed by atoms with Crippen LogP contribution in [-0.4, -0.2) is 32.3 Å². The van der Waals surface area contributed by atoms with Crippen molar-refractivity contribution in [2.75, 3.05) is 13.2 Å². The molecule has 0 saturated heterocycles. The van der Waals surface area contributed by atoms with E-state index in [1.54, 1.807) is 13.8 Å². The van der Waals surface area contributed by atoms with Crippen LogP contribution in [0.4, 0.5) is 0 Å². The Balaban J connectivity index is 2.71. The van der Waals surface area contributed by atoms with Gasteiger partial charge < -0.3 is 14.3 Å². The van der Waals surface area contributed by atoms with Gasteiger partial charge in [-0.3, -0.25) is 0 Å². The maximum Gasteiger partial charge on any atom is 0.274 e. The number of furan rings is 1. The molecule has 0 unspecified atom stereocenters. The van der Waals surface area contributed by atoms with E-state index < -0.39 is 15.6 Å². The number of aliphatic hydroxyl groups is 1. The number of sulfonamides is 1. The van der Waals surface area contributed by atoms with Crippen molar-refractivity contribution in [2.45, 2.75) is 38.1 Å². The van der Waals surface area contributed by atoms with E-state index in [4.69, 9.17) is 14.3 Å². The number of rotatable bonds is 7. The van der Waals surface area contributed by atoms with Crippen LogP contribution in [-0.2, 0) is 21.4 Å². The summed E-state index contributed by atoms with van der Waals surface area (Å²) in [6.07, 6.45) is 0. The van der Waals surface area contributed by atoms with Crippen LogP contribution >= 0.6 is 0 Å². The monoisotopic (exact) mass is 277 g/mol. The fourth-order valence-electron chi connectivity index (χ4n) is 1.37. The van der Waals surface area contributed by atoms with Crippen molar-refractivity contribution in [3.63, 3.8) is 0 Å². The lowest BCUT2D eigenvalue weighted by atomic mass is 10.1. The second-order valence-corrected chi connectivity index (χ2v) is 6.09. The highest BCUT2D eigenvalue weighted by Crippen LogP contribution is 2.15. The van der Waals surface area contributed by atoms with Crippen LogP contribution in [0.2, 0.25) is 0 Å². The molecule has 0 aliphatic heterocycles. The first-order valence-corrected chi connectivity index (χ1v) is 7.12. The Morgan fingerprint density at radius 1 is 1.44 bits per heavy atom. The molecule has 1 aromatic rings.